The van der Waals surface area contributed by atoms with Crippen molar-refractivity contribution in [3.63, 3.8) is 0 Å². The van der Waals surface area contributed by atoms with Crippen LogP contribution in [-0.4, -0.2) is 12.6 Å². The van der Waals surface area contributed by atoms with Crippen LogP contribution in [0.3, 0.4) is 0 Å². The zero-order valence-electron chi connectivity index (χ0n) is 11.7. The topological polar surface area (TPSA) is 12.0 Å². The molecule has 0 aliphatic carbocycles. The molecular formula is C16H25N. The summed E-state index contributed by atoms with van der Waals surface area (Å²) in [5.74, 6) is 0.608. The van der Waals surface area contributed by atoms with E-state index in [2.05, 4.69) is 70.3 Å². The van der Waals surface area contributed by atoms with Gasteiger partial charge in [0.25, 0.3) is 0 Å². The highest BCUT2D eigenvalue weighted by molar-refractivity contribution is 5.53. The molecule has 0 saturated carbocycles. The van der Waals surface area contributed by atoms with Gasteiger partial charge in [-0.2, -0.15) is 0 Å². The van der Waals surface area contributed by atoms with Crippen LogP contribution in [0.5, 0.6) is 0 Å². The van der Waals surface area contributed by atoms with Crippen molar-refractivity contribution in [2.45, 2.75) is 46.6 Å². The van der Waals surface area contributed by atoms with Crippen molar-refractivity contribution in [1.82, 2.24) is 5.32 Å². The Labute approximate surface area is 106 Å². The Morgan fingerprint density at radius 3 is 2.18 bits per heavy atom. The summed E-state index contributed by atoms with van der Waals surface area (Å²) in [6.07, 6.45) is 2.25. The second kappa shape index (κ2) is 6.61. The van der Waals surface area contributed by atoms with Crippen LogP contribution >= 0.6 is 0 Å². The minimum atomic E-state index is 0.543. The summed E-state index contributed by atoms with van der Waals surface area (Å²) in [6, 6.07) is 9.39. The third-order valence-electron chi connectivity index (χ3n) is 2.81. The lowest BCUT2D eigenvalue weighted by atomic mass is 10.0. The number of rotatable bonds is 5. The van der Waals surface area contributed by atoms with E-state index in [0.29, 0.717) is 12.0 Å². The van der Waals surface area contributed by atoms with Crippen LogP contribution < -0.4 is 5.32 Å². The van der Waals surface area contributed by atoms with Crippen molar-refractivity contribution in [2.75, 3.05) is 6.54 Å². The Hall–Kier alpha value is -1.08. The van der Waals surface area contributed by atoms with Gasteiger partial charge in [0.05, 0.1) is 0 Å². The molecule has 1 nitrogen and oxygen atoms in total. The first kappa shape index (κ1) is 14.0. The van der Waals surface area contributed by atoms with Gasteiger partial charge in [-0.25, -0.2) is 0 Å². The molecule has 1 rings (SSSR count). The largest absolute Gasteiger partial charge is 0.311 e. The Balaban J connectivity index is 2.64. The van der Waals surface area contributed by atoms with Gasteiger partial charge >= 0.3 is 0 Å². The molecule has 0 atom stereocenters. The maximum Gasteiger partial charge on any atom is 0.0167 e. The fourth-order valence-corrected chi connectivity index (χ4v) is 1.68. The summed E-state index contributed by atoms with van der Waals surface area (Å²) < 4.78 is 0. The lowest BCUT2D eigenvalue weighted by molar-refractivity contribution is 0.623. The number of hydrogen-bond acceptors (Lipinski definition) is 1. The summed E-state index contributed by atoms with van der Waals surface area (Å²) in [5, 5.41) is 3.43. The molecule has 0 aliphatic heterocycles. The van der Waals surface area contributed by atoms with Gasteiger partial charge in [0, 0.05) is 12.6 Å². The summed E-state index contributed by atoms with van der Waals surface area (Å²) >= 11 is 0. The third-order valence-corrected chi connectivity index (χ3v) is 2.81. The molecule has 0 unspecified atom stereocenters. The average Bonchev–Trinajstić information content (AvgIpc) is 2.27. The Bertz CT molecular complexity index is 358. The smallest absolute Gasteiger partial charge is 0.0167 e. The SMILES string of the molecule is CC(=Cc1ccc(C(C)C)cc1)CNC(C)C. The quantitative estimate of drug-likeness (QED) is 0.800. The first-order chi connectivity index (χ1) is 7.99. The zero-order valence-corrected chi connectivity index (χ0v) is 11.7. The minimum absolute atomic E-state index is 0.543. The molecule has 1 aromatic carbocycles. The van der Waals surface area contributed by atoms with Crippen LogP contribution in [0.25, 0.3) is 6.08 Å². The molecule has 1 N–H and O–H groups in total. The first-order valence-corrected chi connectivity index (χ1v) is 6.49. The van der Waals surface area contributed by atoms with Crippen LogP contribution in [0.4, 0.5) is 0 Å². The van der Waals surface area contributed by atoms with E-state index in [9.17, 15) is 0 Å². The van der Waals surface area contributed by atoms with E-state index in [1.165, 1.54) is 16.7 Å². The normalized spacial score (nSPS) is 12.5. The monoisotopic (exact) mass is 231 g/mol. The lowest BCUT2D eigenvalue weighted by Crippen LogP contribution is -2.24. The number of hydrogen-bond donors (Lipinski definition) is 1. The van der Waals surface area contributed by atoms with Gasteiger partial charge in [-0.15, -0.1) is 0 Å². The van der Waals surface area contributed by atoms with E-state index in [1.54, 1.807) is 0 Å². The van der Waals surface area contributed by atoms with Crippen molar-refractivity contribution >= 4 is 6.08 Å². The van der Waals surface area contributed by atoms with Crippen molar-refractivity contribution < 1.29 is 0 Å². The molecule has 0 heterocycles. The minimum Gasteiger partial charge on any atom is -0.311 e. The molecule has 1 heteroatoms. The molecule has 0 aromatic heterocycles. The predicted molar refractivity (Wildman–Crippen MR) is 77.3 cm³/mol. The van der Waals surface area contributed by atoms with Gasteiger partial charge in [-0.05, 0) is 24.0 Å². The highest BCUT2D eigenvalue weighted by atomic mass is 14.9. The van der Waals surface area contributed by atoms with E-state index in [0.717, 1.165) is 6.54 Å². The third kappa shape index (κ3) is 5.18. The van der Waals surface area contributed by atoms with E-state index in [4.69, 9.17) is 0 Å². The van der Waals surface area contributed by atoms with Gasteiger partial charge < -0.3 is 5.32 Å². The van der Waals surface area contributed by atoms with Gasteiger partial charge in [0.2, 0.25) is 0 Å². The molecule has 17 heavy (non-hydrogen) atoms. The van der Waals surface area contributed by atoms with Crippen molar-refractivity contribution in [1.29, 1.82) is 0 Å². The highest BCUT2D eigenvalue weighted by Crippen LogP contribution is 2.16. The van der Waals surface area contributed by atoms with Gasteiger partial charge in [-0.1, -0.05) is 63.6 Å². The van der Waals surface area contributed by atoms with Crippen molar-refractivity contribution in [3.05, 3.63) is 41.0 Å². The summed E-state index contributed by atoms with van der Waals surface area (Å²) in [5.41, 5.74) is 4.06. The molecule has 94 valence electrons. The molecule has 0 fully saturated rings. The highest BCUT2D eigenvalue weighted by Gasteiger charge is 1.98. The maximum atomic E-state index is 3.43. The van der Waals surface area contributed by atoms with Crippen LogP contribution in [0.2, 0.25) is 0 Å². The summed E-state index contributed by atoms with van der Waals surface area (Å²) in [6.45, 7) is 11.9. The van der Waals surface area contributed by atoms with E-state index in [-0.39, 0.29) is 0 Å². The average molecular weight is 231 g/mol. The maximum absolute atomic E-state index is 3.43. The Morgan fingerprint density at radius 1 is 1.12 bits per heavy atom. The Morgan fingerprint density at radius 2 is 1.71 bits per heavy atom. The number of benzene rings is 1. The van der Waals surface area contributed by atoms with Crippen molar-refractivity contribution in [2.24, 2.45) is 0 Å². The van der Waals surface area contributed by atoms with Gasteiger partial charge in [0.1, 0.15) is 0 Å². The first-order valence-electron chi connectivity index (χ1n) is 6.49. The zero-order chi connectivity index (χ0) is 12.8. The molecule has 0 bridgehead atoms. The second-order valence-electron chi connectivity index (χ2n) is 5.35. The molecule has 0 saturated heterocycles. The van der Waals surface area contributed by atoms with E-state index in [1.807, 2.05) is 0 Å². The van der Waals surface area contributed by atoms with Gasteiger partial charge in [-0.3, -0.25) is 0 Å². The lowest BCUT2D eigenvalue weighted by Gasteiger charge is -2.09. The molecule has 0 radical (unpaired) electrons. The molecule has 0 spiro atoms. The summed E-state index contributed by atoms with van der Waals surface area (Å²) in [4.78, 5) is 0. The molecule has 0 amide bonds. The van der Waals surface area contributed by atoms with Crippen LogP contribution in [0.15, 0.2) is 29.8 Å². The van der Waals surface area contributed by atoms with E-state index >= 15 is 0 Å². The van der Waals surface area contributed by atoms with Gasteiger partial charge in [0.15, 0.2) is 0 Å². The molecular weight excluding hydrogens is 206 g/mol. The second-order valence-corrected chi connectivity index (χ2v) is 5.35. The fourth-order valence-electron chi connectivity index (χ4n) is 1.68. The predicted octanol–water partition coefficient (Wildman–Crippen LogP) is 4.21. The fraction of sp³-hybridized carbons (Fsp3) is 0.500. The van der Waals surface area contributed by atoms with Crippen molar-refractivity contribution in [3.8, 4) is 0 Å². The van der Waals surface area contributed by atoms with E-state index < -0.39 is 0 Å². The molecule has 0 aliphatic rings. The van der Waals surface area contributed by atoms with Crippen LogP contribution in [-0.2, 0) is 0 Å². The molecule has 1 aromatic rings. The summed E-state index contributed by atoms with van der Waals surface area (Å²) in [7, 11) is 0. The Kier molecular flexibility index (Phi) is 5.43. The number of nitrogens with one attached hydrogen (secondary N) is 1. The van der Waals surface area contributed by atoms with Crippen LogP contribution in [0, 0.1) is 0 Å². The standard InChI is InChI=1S/C16H25N/c1-12(2)16-8-6-15(7-9-16)10-14(5)11-17-13(3)4/h6-10,12-13,17H,11H2,1-5H3. The van der Waals surface area contributed by atoms with Crippen LogP contribution in [0.1, 0.15) is 51.7 Å².